The van der Waals surface area contributed by atoms with Gasteiger partial charge in [-0.1, -0.05) is 18.2 Å². The van der Waals surface area contributed by atoms with Crippen LogP contribution >= 0.6 is 0 Å². The van der Waals surface area contributed by atoms with E-state index in [9.17, 15) is 4.79 Å². The van der Waals surface area contributed by atoms with Crippen LogP contribution in [0.4, 0.5) is 10.6 Å². The Labute approximate surface area is 85.8 Å². The first-order chi connectivity index (χ1) is 7.27. The van der Waals surface area contributed by atoms with Crippen molar-refractivity contribution in [2.45, 2.75) is 6.54 Å². The maximum absolute atomic E-state index is 11.0. The van der Waals surface area contributed by atoms with Gasteiger partial charge in [-0.2, -0.15) is 0 Å². The maximum Gasteiger partial charge on any atom is 0.413 e. The van der Waals surface area contributed by atoms with E-state index in [1.165, 1.54) is 4.90 Å². The Morgan fingerprint density at radius 1 is 1.40 bits per heavy atom. The number of aromatic nitrogens is 1. The molecule has 1 amide bonds. The van der Waals surface area contributed by atoms with Crippen molar-refractivity contribution in [2.75, 3.05) is 4.90 Å². The lowest BCUT2D eigenvalue weighted by Crippen LogP contribution is -2.25. The first kappa shape index (κ1) is 8.23. The third-order valence-electron chi connectivity index (χ3n) is 2.67. The van der Waals surface area contributed by atoms with Crippen molar-refractivity contribution in [3.63, 3.8) is 0 Å². The standard InChI is InChI=1S/C11H8N2O2/c14-11(15)13-6-8-3-1-2-7-4-5-12-10(13)9(7)8/h1-5H,6H2,(H,14,15). The number of hydrogen-bond acceptors (Lipinski definition) is 2. The number of nitrogens with zero attached hydrogens (tertiary/aromatic N) is 2. The van der Waals surface area contributed by atoms with Crippen molar-refractivity contribution in [1.29, 1.82) is 0 Å². The Morgan fingerprint density at radius 3 is 3.07 bits per heavy atom. The molecule has 1 aliphatic rings. The molecule has 1 aromatic heterocycles. The second-order valence-electron chi connectivity index (χ2n) is 3.52. The van der Waals surface area contributed by atoms with Gasteiger partial charge >= 0.3 is 6.09 Å². The second-order valence-corrected chi connectivity index (χ2v) is 3.52. The highest BCUT2D eigenvalue weighted by molar-refractivity contribution is 6.04. The predicted molar refractivity (Wildman–Crippen MR) is 56.0 cm³/mol. The van der Waals surface area contributed by atoms with Gasteiger partial charge in [0.1, 0.15) is 5.82 Å². The van der Waals surface area contributed by atoms with Gasteiger partial charge in [0.25, 0.3) is 0 Å². The summed E-state index contributed by atoms with van der Waals surface area (Å²) in [5.41, 5.74) is 1.03. The number of hydrogen-bond donors (Lipinski definition) is 1. The summed E-state index contributed by atoms with van der Waals surface area (Å²) in [4.78, 5) is 16.4. The first-order valence-corrected chi connectivity index (χ1v) is 4.64. The predicted octanol–water partition coefficient (Wildman–Crippen LogP) is 2.23. The van der Waals surface area contributed by atoms with Crippen molar-refractivity contribution in [3.05, 3.63) is 36.0 Å². The minimum absolute atomic E-state index is 0.402. The molecule has 4 nitrogen and oxygen atoms in total. The van der Waals surface area contributed by atoms with Crippen molar-refractivity contribution in [2.24, 2.45) is 0 Å². The Balaban J connectivity index is 2.36. The largest absolute Gasteiger partial charge is 0.465 e. The van der Waals surface area contributed by atoms with E-state index in [0.717, 1.165) is 16.3 Å². The van der Waals surface area contributed by atoms with E-state index in [-0.39, 0.29) is 0 Å². The quantitative estimate of drug-likeness (QED) is 0.709. The van der Waals surface area contributed by atoms with Gasteiger partial charge in [0.2, 0.25) is 0 Å². The molecule has 2 aromatic rings. The van der Waals surface area contributed by atoms with Gasteiger partial charge in [-0.25, -0.2) is 9.78 Å². The van der Waals surface area contributed by atoms with Gasteiger partial charge in [0.05, 0.1) is 6.54 Å². The highest BCUT2D eigenvalue weighted by Gasteiger charge is 2.26. The fourth-order valence-corrected chi connectivity index (χ4v) is 2.02. The molecule has 0 spiro atoms. The molecule has 1 aromatic carbocycles. The van der Waals surface area contributed by atoms with Gasteiger partial charge in [-0.05, 0) is 17.0 Å². The van der Waals surface area contributed by atoms with Gasteiger partial charge in [0.15, 0.2) is 0 Å². The smallest absolute Gasteiger partial charge is 0.413 e. The SMILES string of the molecule is O=C(O)N1Cc2cccc3ccnc1c23. The zero-order valence-electron chi connectivity index (χ0n) is 7.84. The number of carboxylic acid groups (broad SMARTS) is 1. The first-order valence-electron chi connectivity index (χ1n) is 4.64. The van der Waals surface area contributed by atoms with Gasteiger partial charge in [-0.15, -0.1) is 0 Å². The summed E-state index contributed by atoms with van der Waals surface area (Å²) in [6, 6.07) is 7.74. The lowest BCUT2D eigenvalue weighted by molar-refractivity contribution is 0.201. The van der Waals surface area contributed by atoms with Gasteiger partial charge in [0, 0.05) is 11.6 Å². The van der Waals surface area contributed by atoms with Crippen molar-refractivity contribution in [1.82, 2.24) is 4.98 Å². The highest BCUT2D eigenvalue weighted by atomic mass is 16.4. The molecule has 3 rings (SSSR count). The lowest BCUT2D eigenvalue weighted by atomic mass is 10.1. The van der Waals surface area contributed by atoms with Crippen molar-refractivity contribution >= 4 is 22.7 Å². The Bertz CT molecular complexity index is 560. The van der Waals surface area contributed by atoms with Crippen LogP contribution < -0.4 is 4.90 Å². The number of benzene rings is 1. The summed E-state index contributed by atoms with van der Waals surface area (Å²) >= 11 is 0. The molecular weight excluding hydrogens is 192 g/mol. The van der Waals surface area contributed by atoms with E-state index in [4.69, 9.17) is 5.11 Å². The molecule has 1 aliphatic heterocycles. The summed E-state index contributed by atoms with van der Waals surface area (Å²) < 4.78 is 0. The molecule has 0 saturated carbocycles. The summed E-state index contributed by atoms with van der Waals surface area (Å²) in [7, 11) is 0. The molecular formula is C11H8N2O2. The topological polar surface area (TPSA) is 53.4 Å². The molecule has 4 heteroatoms. The third-order valence-corrected chi connectivity index (χ3v) is 2.67. The fraction of sp³-hybridized carbons (Fsp3) is 0.0909. The number of pyridine rings is 1. The third kappa shape index (κ3) is 1.01. The Morgan fingerprint density at radius 2 is 2.27 bits per heavy atom. The molecule has 0 unspecified atom stereocenters. The average Bonchev–Trinajstić information content (AvgIpc) is 2.61. The van der Waals surface area contributed by atoms with E-state index in [1.54, 1.807) is 6.20 Å². The summed E-state index contributed by atoms with van der Waals surface area (Å²) in [6.45, 7) is 0.402. The molecule has 0 radical (unpaired) electrons. The van der Waals surface area contributed by atoms with Crippen LogP contribution in [0, 0.1) is 0 Å². The minimum Gasteiger partial charge on any atom is -0.465 e. The van der Waals surface area contributed by atoms with Gasteiger partial charge in [-0.3, -0.25) is 4.90 Å². The highest BCUT2D eigenvalue weighted by Crippen LogP contribution is 2.35. The van der Waals surface area contributed by atoms with E-state index < -0.39 is 6.09 Å². The van der Waals surface area contributed by atoms with Crippen LogP contribution in [0.25, 0.3) is 10.8 Å². The Kier molecular flexibility index (Phi) is 1.48. The number of rotatable bonds is 0. The Hall–Kier alpha value is -2.10. The minimum atomic E-state index is -0.953. The lowest BCUT2D eigenvalue weighted by Gasteiger charge is -2.10. The number of amides is 1. The molecule has 15 heavy (non-hydrogen) atoms. The molecule has 0 aliphatic carbocycles. The molecule has 2 heterocycles. The van der Waals surface area contributed by atoms with Crippen LogP contribution in [0.2, 0.25) is 0 Å². The van der Waals surface area contributed by atoms with E-state index >= 15 is 0 Å². The summed E-state index contributed by atoms with van der Waals surface area (Å²) in [5.74, 6) is 0.551. The second kappa shape index (κ2) is 2.70. The number of carbonyl (C=O) groups is 1. The summed E-state index contributed by atoms with van der Waals surface area (Å²) in [5, 5.41) is 11.0. The average molecular weight is 200 g/mol. The summed E-state index contributed by atoms with van der Waals surface area (Å²) in [6.07, 6.45) is 0.689. The zero-order valence-corrected chi connectivity index (χ0v) is 7.84. The normalized spacial score (nSPS) is 13.5. The van der Waals surface area contributed by atoms with Crippen LogP contribution in [-0.4, -0.2) is 16.2 Å². The van der Waals surface area contributed by atoms with Gasteiger partial charge < -0.3 is 5.11 Å². The van der Waals surface area contributed by atoms with E-state index in [1.807, 2.05) is 24.3 Å². The number of anilines is 1. The molecule has 74 valence electrons. The van der Waals surface area contributed by atoms with Crippen LogP contribution in [-0.2, 0) is 6.54 Å². The monoisotopic (exact) mass is 200 g/mol. The molecule has 0 fully saturated rings. The van der Waals surface area contributed by atoms with Crippen molar-refractivity contribution < 1.29 is 9.90 Å². The van der Waals surface area contributed by atoms with Crippen LogP contribution in [0.15, 0.2) is 30.5 Å². The van der Waals surface area contributed by atoms with E-state index in [0.29, 0.717) is 12.4 Å². The van der Waals surface area contributed by atoms with Crippen LogP contribution in [0.3, 0.4) is 0 Å². The van der Waals surface area contributed by atoms with E-state index in [2.05, 4.69) is 4.98 Å². The molecule has 1 N–H and O–H groups in total. The van der Waals surface area contributed by atoms with Crippen molar-refractivity contribution in [3.8, 4) is 0 Å². The van der Waals surface area contributed by atoms with Crippen LogP contribution in [0.1, 0.15) is 5.56 Å². The molecule has 0 bridgehead atoms. The fourth-order valence-electron chi connectivity index (χ4n) is 2.02. The maximum atomic E-state index is 11.0. The zero-order chi connectivity index (χ0) is 10.4. The molecule has 0 atom stereocenters. The molecule has 0 saturated heterocycles. The van der Waals surface area contributed by atoms with Crippen LogP contribution in [0.5, 0.6) is 0 Å².